The third-order valence-electron chi connectivity index (χ3n) is 17.0. The van der Waals surface area contributed by atoms with Crippen LogP contribution in [0.4, 0.5) is 11.4 Å². The number of carbonyl (C=O) groups excluding carboxylic acids is 4. The highest BCUT2D eigenvalue weighted by atomic mass is 16.2. The second-order valence-electron chi connectivity index (χ2n) is 26.9. The molecule has 8 heteroatoms. The van der Waals surface area contributed by atoms with Gasteiger partial charge in [0.25, 0.3) is 23.6 Å². The first kappa shape index (κ1) is 52.3. The standard InChI is InChI=1S/C72H70N4O4/c1-39-29-43(30-40(2)63(39)75-65(77)51-23-21-49(37-57(51)67(75)79)73-59-25-17-45(69(5,6)7)33-53(59)54-34-46(70(8,9)10)18-26-60(54)73)44-31-41(3)64(42(4)32-44)76-66(78)52-24-22-50(38-58(52)68(76)80)74-61-27-19-47(71(11,12)13)35-55(61)56-36-48(72(14,15)16)20-28-62(56)74/h17-38H,1-16H3. The maximum absolute atomic E-state index is 14.7. The predicted molar refractivity (Wildman–Crippen MR) is 329 cm³/mol. The Morgan fingerprint density at radius 3 is 0.787 bits per heavy atom. The summed E-state index contributed by atoms with van der Waals surface area (Å²) in [6.07, 6.45) is 0. The van der Waals surface area contributed by atoms with Crippen LogP contribution in [0.5, 0.6) is 0 Å². The number of fused-ring (bicyclic) bond motifs is 8. The van der Waals surface area contributed by atoms with Gasteiger partial charge in [-0.3, -0.25) is 19.2 Å². The van der Waals surface area contributed by atoms with E-state index in [1.807, 2.05) is 76.2 Å². The van der Waals surface area contributed by atoms with Crippen LogP contribution in [0, 0.1) is 27.7 Å². The van der Waals surface area contributed by atoms with E-state index in [9.17, 15) is 19.2 Å². The molecule has 0 saturated carbocycles. The van der Waals surface area contributed by atoms with Crippen LogP contribution >= 0.6 is 0 Å². The van der Waals surface area contributed by atoms with Crippen molar-refractivity contribution in [2.24, 2.45) is 0 Å². The second kappa shape index (κ2) is 17.6. The quantitative estimate of drug-likeness (QED) is 0.161. The number of imide groups is 2. The number of hydrogen-bond donors (Lipinski definition) is 0. The molecule has 0 aliphatic carbocycles. The molecule has 12 rings (SSSR count). The van der Waals surface area contributed by atoms with Gasteiger partial charge in [0, 0.05) is 32.9 Å². The zero-order valence-electron chi connectivity index (χ0n) is 49.1. The summed E-state index contributed by atoms with van der Waals surface area (Å²) in [6, 6.07) is 46.0. The van der Waals surface area contributed by atoms with E-state index in [1.54, 1.807) is 12.1 Å². The molecular weight excluding hydrogens is 985 g/mol. The molecule has 0 radical (unpaired) electrons. The molecule has 8 nitrogen and oxygen atoms in total. The number of aromatic nitrogens is 2. The number of aryl methyl sites for hydroxylation is 4. The molecule has 0 N–H and O–H groups in total. The number of benzene rings is 8. The number of anilines is 2. The van der Waals surface area contributed by atoms with Crippen molar-refractivity contribution < 1.29 is 19.2 Å². The van der Waals surface area contributed by atoms with Gasteiger partial charge in [-0.2, -0.15) is 0 Å². The molecule has 2 aliphatic rings. The summed E-state index contributed by atoms with van der Waals surface area (Å²) in [4.78, 5) is 61.0. The van der Waals surface area contributed by atoms with Crippen LogP contribution < -0.4 is 9.80 Å². The van der Waals surface area contributed by atoms with Crippen molar-refractivity contribution in [2.45, 2.75) is 132 Å². The van der Waals surface area contributed by atoms with Crippen molar-refractivity contribution in [3.05, 3.63) is 200 Å². The lowest BCUT2D eigenvalue weighted by Crippen LogP contribution is -2.31. The first-order chi connectivity index (χ1) is 37.5. The fourth-order valence-corrected chi connectivity index (χ4v) is 12.6. The monoisotopic (exact) mass is 1050 g/mol. The van der Waals surface area contributed by atoms with E-state index in [0.717, 1.165) is 88.4 Å². The largest absolute Gasteiger partial charge is 0.309 e. The second-order valence-corrected chi connectivity index (χ2v) is 26.9. The van der Waals surface area contributed by atoms with Gasteiger partial charge in [0.2, 0.25) is 0 Å². The fourth-order valence-electron chi connectivity index (χ4n) is 12.6. The van der Waals surface area contributed by atoms with Gasteiger partial charge in [0.15, 0.2) is 0 Å². The highest BCUT2D eigenvalue weighted by molar-refractivity contribution is 6.36. The van der Waals surface area contributed by atoms with Crippen molar-refractivity contribution in [1.29, 1.82) is 0 Å². The third-order valence-corrected chi connectivity index (χ3v) is 17.0. The van der Waals surface area contributed by atoms with E-state index in [0.29, 0.717) is 33.6 Å². The van der Waals surface area contributed by atoms with E-state index in [4.69, 9.17) is 0 Å². The molecule has 2 aromatic heterocycles. The van der Waals surface area contributed by atoms with Gasteiger partial charge in [-0.25, -0.2) is 9.80 Å². The topological polar surface area (TPSA) is 84.6 Å². The van der Waals surface area contributed by atoms with Crippen molar-refractivity contribution in [2.75, 3.05) is 9.80 Å². The minimum atomic E-state index is -0.361. The molecule has 402 valence electrons. The smallest absolute Gasteiger partial charge is 0.266 e. The Labute approximate surface area is 469 Å². The Kier molecular flexibility index (Phi) is 11.5. The molecule has 10 aromatic rings. The molecular formula is C72H70N4O4. The summed E-state index contributed by atoms with van der Waals surface area (Å²) in [6.45, 7) is 34.5. The third kappa shape index (κ3) is 8.07. The van der Waals surface area contributed by atoms with Crippen LogP contribution in [0.1, 0.15) is 169 Å². The van der Waals surface area contributed by atoms with Crippen molar-refractivity contribution in [1.82, 2.24) is 9.13 Å². The highest BCUT2D eigenvalue weighted by Gasteiger charge is 2.41. The van der Waals surface area contributed by atoms with E-state index in [2.05, 4.69) is 165 Å². The summed E-state index contributed by atoms with van der Waals surface area (Å²) >= 11 is 0. The molecule has 8 aromatic carbocycles. The first-order valence-electron chi connectivity index (χ1n) is 28.0. The normalized spacial score (nSPS) is 14.3. The van der Waals surface area contributed by atoms with Crippen molar-refractivity contribution >= 4 is 78.6 Å². The van der Waals surface area contributed by atoms with Crippen LogP contribution in [0.25, 0.3) is 66.1 Å². The van der Waals surface area contributed by atoms with E-state index < -0.39 is 0 Å². The molecule has 80 heavy (non-hydrogen) atoms. The Morgan fingerprint density at radius 1 is 0.287 bits per heavy atom. The van der Waals surface area contributed by atoms with Crippen LogP contribution in [0.2, 0.25) is 0 Å². The zero-order chi connectivity index (χ0) is 57.2. The lowest BCUT2D eigenvalue weighted by atomic mass is 9.85. The lowest BCUT2D eigenvalue weighted by Gasteiger charge is -2.22. The molecule has 0 unspecified atom stereocenters. The number of amides is 4. The number of hydrogen-bond acceptors (Lipinski definition) is 4. The minimum Gasteiger partial charge on any atom is -0.309 e. The Bertz CT molecular complexity index is 3940. The molecule has 0 spiro atoms. The van der Waals surface area contributed by atoms with Crippen LogP contribution in [0.15, 0.2) is 133 Å². The summed E-state index contributed by atoms with van der Waals surface area (Å²) in [5.41, 5.74) is 18.0. The maximum Gasteiger partial charge on any atom is 0.266 e. The van der Waals surface area contributed by atoms with E-state index in [1.165, 1.54) is 32.1 Å². The molecule has 0 bridgehead atoms. The summed E-state index contributed by atoms with van der Waals surface area (Å²) < 4.78 is 4.43. The maximum atomic E-state index is 14.7. The molecule has 0 saturated heterocycles. The SMILES string of the molecule is Cc1cc(-c2cc(C)c(N3C(=O)c4ccc(-n5c6ccc(C(C)(C)C)cc6c6cc(C(C)(C)C)ccc65)cc4C3=O)c(C)c2)cc(C)c1N1C(=O)c2ccc(-n3c4ccc(C(C)(C)C)cc4c4cc(C(C)(C)C)ccc43)cc2C1=O. The zero-order valence-corrected chi connectivity index (χ0v) is 49.1. The van der Waals surface area contributed by atoms with Gasteiger partial charge in [0.05, 0.1) is 55.7 Å². The van der Waals surface area contributed by atoms with E-state index in [-0.39, 0.29) is 45.3 Å². The summed E-state index contributed by atoms with van der Waals surface area (Å²) in [5, 5.41) is 4.59. The fraction of sp³-hybridized carbons (Fsp3) is 0.278. The Hall–Kier alpha value is -8.36. The number of nitrogens with zero attached hydrogens (tertiary/aromatic N) is 4. The van der Waals surface area contributed by atoms with Gasteiger partial charge in [-0.1, -0.05) is 107 Å². The van der Waals surface area contributed by atoms with Gasteiger partial charge in [0.1, 0.15) is 0 Å². The Balaban J connectivity index is 0.855. The molecule has 0 fully saturated rings. The Morgan fingerprint density at radius 2 is 0.537 bits per heavy atom. The number of carbonyl (C=O) groups is 4. The molecule has 4 heterocycles. The van der Waals surface area contributed by atoms with Crippen LogP contribution in [-0.2, 0) is 21.7 Å². The molecule has 0 atom stereocenters. The predicted octanol–water partition coefficient (Wildman–Crippen LogP) is 17.6. The molecule has 4 amide bonds. The summed E-state index contributed by atoms with van der Waals surface area (Å²) in [7, 11) is 0. The molecule has 2 aliphatic heterocycles. The van der Waals surface area contributed by atoms with E-state index >= 15 is 0 Å². The number of rotatable bonds is 5. The lowest BCUT2D eigenvalue weighted by molar-refractivity contribution is 0.0910. The van der Waals surface area contributed by atoms with Crippen molar-refractivity contribution in [3.8, 4) is 22.5 Å². The van der Waals surface area contributed by atoms with Gasteiger partial charge in [-0.15, -0.1) is 0 Å². The van der Waals surface area contributed by atoms with Crippen LogP contribution in [0.3, 0.4) is 0 Å². The highest BCUT2D eigenvalue weighted by Crippen LogP contribution is 2.44. The minimum absolute atomic E-state index is 0.0468. The van der Waals surface area contributed by atoms with Gasteiger partial charge in [-0.05, 0) is 214 Å². The average molecular weight is 1060 g/mol. The average Bonchev–Trinajstić information content (AvgIpc) is 4.27. The van der Waals surface area contributed by atoms with Crippen molar-refractivity contribution in [3.63, 3.8) is 0 Å². The van der Waals surface area contributed by atoms with Gasteiger partial charge < -0.3 is 9.13 Å². The van der Waals surface area contributed by atoms with Crippen LogP contribution in [-0.4, -0.2) is 32.8 Å². The first-order valence-corrected chi connectivity index (χ1v) is 28.0. The van der Waals surface area contributed by atoms with Gasteiger partial charge >= 0.3 is 0 Å². The summed E-state index contributed by atoms with van der Waals surface area (Å²) in [5.74, 6) is -1.43.